The Hall–Kier alpha value is -1.09. The molecule has 0 aliphatic heterocycles. The van der Waals surface area contributed by atoms with Gasteiger partial charge in [-0.25, -0.2) is 0 Å². The van der Waals surface area contributed by atoms with Crippen LogP contribution in [0.15, 0.2) is 23.1 Å². The Morgan fingerprint density at radius 1 is 1.50 bits per heavy atom. The normalized spacial score (nSPS) is 15.8. The second-order valence-corrected chi connectivity index (χ2v) is 4.00. The zero-order chi connectivity index (χ0) is 9.97. The first-order valence-corrected chi connectivity index (χ1v) is 5.13. The lowest BCUT2D eigenvalue weighted by Gasteiger charge is -2.06. The molecule has 0 unspecified atom stereocenters. The van der Waals surface area contributed by atoms with Gasteiger partial charge in [-0.3, -0.25) is 4.79 Å². The van der Waals surface area contributed by atoms with Crippen LogP contribution >= 0.6 is 0 Å². The fourth-order valence-electron chi connectivity index (χ4n) is 1.61. The highest BCUT2D eigenvalue weighted by Crippen LogP contribution is 2.29. The van der Waals surface area contributed by atoms with E-state index in [0.717, 1.165) is 19.0 Å². The summed E-state index contributed by atoms with van der Waals surface area (Å²) in [5.74, 6) is 0.748. The van der Waals surface area contributed by atoms with Crippen molar-refractivity contribution in [1.82, 2.24) is 9.88 Å². The van der Waals surface area contributed by atoms with E-state index in [0.29, 0.717) is 0 Å². The first kappa shape index (κ1) is 9.46. The van der Waals surface area contributed by atoms with Crippen LogP contribution in [0.3, 0.4) is 0 Å². The van der Waals surface area contributed by atoms with Crippen molar-refractivity contribution in [1.29, 1.82) is 0 Å². The number of nitrogens with one attached hydrogen (secondary N) is 1. The highest BCUT2D eigenvalue weighted by atomic mass is 16.1. The van der Waals surface area contributed by atoms with Crippen molar-refractivity contribution in [3.05, 3.63) is 34.2 Å². The molecule has 0 atom stereocenters. The Morgan fingerprint density at radius 2 is 2.29 bits per heavy atom. The van der Waals surface area contributed by atoms with Crippen molar-refractivity contribution < 1.29 is 0 Å². The third-order valence-electron chi connectivity index (χ3n) is 2.58. The zero-order valence-electron chi connectivity index (χ0n) is 8.49. The lowest BCUT2D eigenvalue weighted by molar-refractivity contribution is 0.600. The van der Waals surface area contributed by atoms with E-state index in [2.05, 4.69) is 5.32 Å². The van der Waals surface area contributed by atoms with E-state index < -0.39 is 0 Å². The van der Waals surface area contributed by atoms with Gasteiger partial charge in [0, 0.05) is 25.4 Å². The van der Waals surface area contributed by atoms with Gasteiger partial charge in [-0.15, -0.1) is 0 Å². The summed E-state index contributed by atoms with van der Waals surface area (Å²) in [5, 5.41) is 3.08. The fourth-order valence-corrected chi connectivity index (χ4v) is 1.61. The van der Waals surface area contributed by atoms with Gasteiger partial charge in [0.2, 0.25) is 0 Å². The van der Waals surface area contributed by atoms with Crippen LogP contribution in [0.2, 0.25) is 0 Å². The molecule has 1 saturated carbocycles. The molecule has 0 spiro atoms. The third kappa shape index (κ3) is 2.23. The molecule has 3 heteroatoms. The Labute approximate surface area is 83.8 Å². The minimum absolute atomic E-state index is 0.122. The molecule has 1 N–H and O–H groups in total. The maximum atomic E-state index is 11.5. The topological polar surface area (TPSA) is 34.0 Å². The van der Waals surface area contributed by atoms with Gasteiger partial charge in [0.25, 0.3) is 5.56 Å². The summed E-state index contributed by atoms with van der Waals surface area (Å²) < 4.78 is 1.84. The van der Waals surface area contributed by atoms with E-state index >= 15 is 0 Å². The van der Waals surface area contributed by atoms with Crippen molar-refractivity contribution >= 4 is 0 Å². The molecule has 0 radical (unpaired) electrons. The number of rotatable bonds is 4. The second-order valence-electron chi connectivity index (χ2n) is 4.00. The largest absolute Gasteiger partial charge is 0.316 e. The van der Waals surface area contributed by atoms with Crippen molar-refractivity contribution in [3.63, 3.8) is 0 Å². The van der Waals surface area contributed by atoms with Crippen molar-refractivity contribution in [3.8, 4) is 0 Å². The van der Waals surface area contributed by atoms with E-state index in [9.17, 15) is 4.79 Å². The predicted molar refractivity (Wildman–Crippen MR) is 56.2 cm³/mol. The maximum absolute atomic E-state index is 11.5. The molecule has 1 aliphatic rings. The SMILES string of the molecule is CNCc1ccc(=O)n(CC2CC2)c1. The Kier molecular flexibility index (Phi) is 2.68. The smallest absolute Gasteiger partial charge is 0.250 e. The van der Waals surface area contributed by atoms with E-state index in [1.54, 1.807) is 6.07 Å². The number of hydrogen-bond acceptors (Lipinski definition) is 2. The first-order valence-electron chi connectivity index (χ1n) is 5.13. The number of pyridine rings is 1. The molecule has 1 fully saturated rings. The first-order chi connectivity index (χ1) is 6.79. The Morgan fingerprint density at radius 3 is 2.93 bits per heavy atom. The molecular weight excluding hydrogens is 176 g/mol. The summed E-state index contributed by atoms with van der Waals surface area (Å²) in [5.41, 5.74) is 1.30. The molecule has 14 heavy (non-hydrogen) atoms. The molecule has 1 aromatic heterocycles. The quantitative estimate of drug-likeness (QED) is 0.771. The molecular formula is C11H16N2O. The van der Waals surface area contributed by atoms with E-state index in [-0.39, 0.29) is 5.56 Å². The second kappa shape index (κ2) is 3.96. The van der Waals surface area contributed by atoms with Crippen LogP contribution in [-0.4, -0.2) is 11.6 Å². The van der Waals surface area contributed by atoms with E-state index in [1.165, 1.54) is 18.4 Å². The molecule has 0 bridgehead atoms. The average molecular weight is 192 g/mol. The predicted octanol–water partition coefficient (Wildman–Crippen LogP) is 0.978. The van der Waals surface area contributed by atoms with Crippen LogP contribution in [-0.2, 0) is 13.1 Å². The summed E-state index contributed by atoms with van der Waals surface area (Å²) in [6, 6.07) is 3.55. The molecule has 0 saturated heterocycles. The third-order valence-corrected chi connectivity index (χ3v) is 2.58. The summed E-state index contributed by atoms with van der Waals surface area (Å²) >= 11 is 0. The van der Waals surface area contributed by atoms with Gasteiger partial charge in [-0.05, 0) is 31.4 Å². The van der Waals surface area contributed by atoms with Gasteiger partial charge < -0.3 is 9.88 Å². The van der Waals surface area contributed by atoms with Crippen LogP contribution < -0.4 is 10.9 Å². The van der Waals surface area contributed by atoms with Crippen LogP contribution in [0.5, 0.6) is 0 Å². The molecule has 3 nitrogen and oxygen atoms in total. The minimum atomic E-state index is 0.122. The van der Waals surface area contributed by atoms with Gasteiger partial charge in [0.15, 0.2) is 0 Å². The highest BCUT2D eigenvalue weighted by Gasteiger charge is 2.21. The molecule has 0 amide bonds. The van der Waals surface area contributed by atoms with E-state index in [1.807, 2.05) is 23.9 Å². The molecule has 1 aliphatic carbocycles. The van der Waals surface area contributed by atoms with Gasteiger partial charge in [-0.1, -0.05) is 6.07 Å². The molecule has 1 aromatic rings. The van der Waals surface area contributed by atoms with Gasteiger partial charge in [0.05, 0.1) is 0 Å². The standard InChI is InChI=1S/C11H16N2O/c1-12-6-10-4-5-11(14)13(8-10)7-9-2-3-9/h4-5,8-9,12H,2-3,6-7H2,1H3. The summed E-state index contributed by atoms with van der Waals surface area (Å²) in [6.45, 7) is 1.72. The fraction of sp³-hybridized carbons (Fsp3) is 0.545. The van der Waals surface area contributed by atoms with Gasteiger partial charge in [0.1, 0.15) is 0 Å². The van der Waals surface area contributed by atoms with Gasteiger partial charge >= 0.3 is 0 Å². The van der Waals surface area contributed by atoms with Crippen LogP contribution in [0.1, 0.15) is 18.4 Å². The van der Waals surface area contributed by atoms with Gasteiger partial charge in [-0.2, -0.15) is 0 Å². The maximum Gasteiger partial charge on any atom is 0.250 e. The van der Waals surface area contributed by atoms with E-state index in [4.69, 9.17) is 0 Å². The zero-order valence-corrected chi connectivity index (χ0v) is 8.49. The number of nitrogens with zero attached hydrogens (tertiary/aromatic N) is 1. The molecule has 1 heterocycles. The average Bonchev–Trinajstić information content (AvgIpc) is 2.95. The number of aromatic nitrogens is 1. The Bertz CT molecular complexity index is 366. The monoisotopic (exact) mass is 192 g/mol. The van der Waals surface area contributed by atoms with Crippen LogP contribution in [0, 0.1) is 5.92 Å². The minimum Gasteiger partial charge on any atom is -0.316 e. The molecule has 76 valence electrons. The summed E-state index contributed by atoms with van der Waals surface area (Å²) in [6.07, 6.45) is 4.53. The lowest BCUT2D eigenvalue weighted by atomic mass is 10.2. The number of hydrogen-bond donors (Lipinski definition) is 1. The van der Waals surface area contributed by atoms with Crippen LogP contribution in [0.4, 0.5) is 0 Å². The Balaban J connectivity index is 2.17. The molecule has 0 aromatic carbocycles. The van der Waals surface area contributed by atoms with Crippen molar-refractivity contribution in [2.45, 2.75) is 25.9 Å². The summed E-state index contributed by atoms with van der Waals surface area (Å²) in [7, 11) is 1.91. The van der Waals surface area contributed by atoms with Crippen LogP contribution in [0.25, 0.3) is 0 Å². The summed E-state index contributed by atoms with van der Waals surface area (Å²) in [4.78, 5) is 11.5. The van der Waals surface area contributed by atoms with Crippen molar-refractivity contribution in [2.24, 2.45) is 5.92 Å². The van der Waals surface area contributed by atoms with Crippen molar-refractivity contribution in [2.75, 3.05) is 7.05 Å². The highest BCUT2D eigenvalue weighted by molar-refractivity contribution is 5.09. The lowest BCUT2D eigenvalue weighted by Crippen LogP contribution is -2.21. The molecule has 2 rings (SSSR count).